The molecule has 0 radical (unpaired) electrons. The van der Waals surface area contributed by atoms with Crippen molar-refractivity contribution >= 4 is 23.8 Å². The summed E-state index contributed by atoms with van der Waals surface area (Å²) in [6.45, 7) is 1.91. The number of rotatable bonds is 1. The van der Waals surface area contributed by atoms with Crippen molar-refractivity contribution in [2.75, 3.05) is 0 Å². The van der Waals surface area contributed by atoms with E-state index in [9.17, 15) is 0 Å². The van der Waals surface area contributed by atoms with Crippen LogP contribution < -0.4 is 0 Å². The molecule has 0 spiro atoms. The van der Waals surface area contributed by atoms with Gasteiger partial charge < -0.3 is 4.98 Å². The second kappa shape index (κ2) is 4.62. The Morgan fingerprint density at radius 2 is 2.07 bits per heavy atom. The molecule has 1 heterocycles. The zero-order valence-electron chi connectivity index (χ0n) is 8.85. The number of nitrogens with zero attached hydrogens (tertiary/aromatic N) is 1. The lowest BCUT2D eigenvalue weighted by Gasteiger charge is -2.10. The Hall–Kier alpha value is -0.410. The molecule has 1 aliphatic rings. The Bertz CT molecular complexity index is 412. The topological polar surface area (TPSA) is 28.7 Å². The largest absolute Gasteiger partial charge is 0.346 e. The smallest absolute Gasteiger partial charge is 0.133 e. The minimum Gasteiger partial charge on any atom is -0.346 e. The van der Waals surface area contributed by atoms with Gasteiger partial charge in [-0.2, -0.15) is 0 Å². The first-order chi connectivity index (χ1) is 7.18. The highest BCUT2D eigenvalue weighted by atomic mass is 35.5. The number of aromatic amines is 1. The van der Waals surface area contributed by atoms with Gasteiger partial charge in [-0.15, -0.1) is 11.6 Å². The second-order valence-electron chi connectivity index (χ2n) is 4.06. The monoisotopic (exact) mass is 242 g/mol. The summed E-state index contributed by atoms with van der Waals surface area (Å²) in [4.78, 5) is 7.69. The van der Waals surface area contributed by atoms with E-state index in [0.717, 1.165) is 23.3 Å². The number of H-pyrrole nitrogens is 1. The first-order valence-corrected chi connectivity index (χ1v) is 6.29. The number of alkyl halides is 1. The third-order valence-corrected chi connectivity index (χ3v) is 3.40. The summed E-state index contributed by atoms with van der Waals surface area (Å²) in [5.41, 5.74) is 2.50. The molecule has 0 aliphatic heterocycles. The summed E-state index contributed by atoms with van der Waals surface area (Å²) in [5, 5.41) is -0.0970. The minimum atomic E-state index is -0.0970. The van der Waals surface area contributed by atoms with Crippen LogP contribution in [0.25, 0.3) is 0 Å². The third kappa shape index (κ3) is 2.40. The van der Waals surface area contributed by atoms with Crippen LogP contribution in [0.3, 0.4) is 0 Å². The molecule has 0 aromatic carbocycles. The molecule has 1 N–H and O–H groups in total. The van der Waals surface area contributed by atoms with E-state index < -0.39 is 0 Å². The highest BCUT2D eigenvalue weighted by Gasteiger charge is 2.13. The Balaban J connectivity index is 2.49. The maximum absolute atomic E-state index is 6.02. The summed E-state index contributed by atoms with van der Waals surface area (Å²) in [6.07, 6.45) is 5.89. The van der Waals surface area contributed by atoms with Crippen LogP contribution in [-0.2, 0) is 12.8 Å². The molecular weight excluding hydrogens is 228 g/mol. The predicted molar refractivity (Wildman–Crippen MR) is 64.9 cm³/mol. The van der Waals surface area contributed by atoms with E-state index in [-0.39, 0.29) is 5.38 Å². The number of nitrogens with one attached hydrogen (secondary N) is 1. The summed E-state index contributed by atoms with van der Waals surface area (Å²) in [5.74, 6) is 0.808. The standard InChI is InChI=1S/C11H15ClN2S/c1-7(12)10-13-9-6-4-2-3-5-8(9)11(15)14-10/h7H,2-6H2,1H3,(H,13,14,15). The predicted octanol–water partition coefficient (Wildman–Crippen LogP) is 3.71. The highest BCUT2D eigenvalue weighted by molar-refractivity contribution is 7.71. The molecule has 2 rings (SSSR count). The highest BCUT2D eigenvalue weighted by Crippen LogP contribution is 2.22. The molecule has 1 unspecified atom stereocenters. The van der Waals surface area contributed by atoms with Crippen LogP contribution in [0.5, 0.6) is 0 Å². The fourth-order valence-corrected chi connectivity index (χ4v) is 2.43. The Morgan fingerprint density at radius 3 is 2.80 bits per heavy atom. The molecule has 1 aliphatic carbocycles. The van der Waals surface area contributed by atoms with Gasteiger partial charge in [0.25, 0.3) is 0 Å². The second-order valence-corrected chi connectivity index (χ2v) is 5.10. The number of aryl methyl sites for hydroxylation is 1. The Labute approximate surface area is 100 Å². The van der Waals surface area contributed by atoms with Crippen molar-refractivity contribution in [3.63, 3.8) is 0 Å². The van der Waals surface area contributed by atoms with E-state index >= 15 is 0 Å². The van der Waals surface area contributed by atoms with Crippen LogP contribution in [0.15, 0.2) is 0 Å². The van der Waals surface area contributed by atoms with Gasteiger partial charge in [0.05, 0.1) is 5.38 Å². The van der Waals surface area contributed by atoms with Crippen molar-refractivity contribution in [3.8, 4) is 0 Å². The first-order valence-electron chi connectivity index (χ1n) is 5.44. The van der Waals surface area contributed by atoms with Gasteiger partial charge in [-0.05, 0) is 32.6 Å². The minimum absolute atomic E-state index is 0.0970. The summed E-state index contributed by atoms with van der Waals surface area (Å²) < 4.78 is 0.744. The molecule has 0 amide bonds. The molecule has 1 aromatic heterocycles. The quantitative estimate of drug-likeness (QED) is 0.462. The number of aromatic nitrogens is 2. The molecule has 0 saturated carbocycles. The van der Waals surface area contributed by atoms with Crippen molar-refractivity contribution in [1.29, 1.82) is 0 Å². The Kier molecular flexibility index (Phi) is 3.42. The van der Waals surface area contributed by atoms with E-state index in [1.807, 2.05) is 6.92 Å². The van der Waals surface area contributed by atoms with Crippen LogP contribution in [-0.4, -0.2) is 9.97 Å². The average Bonchev–Trinajstić information content (AvgIpc) is 2.42. The maximum Gasteiger partial charge on any atom is 0.133 e. The molecule has 1 atom stereocenters. The fourth-order valence-electron chi connectivity index (χ4n) is 2.00. The van der Waals surface area contributed by atoms with Crippen LogP contribution in [0.4, 0.5) is 0 Å². The van der Waals surface area contributed by atoms with Gasteiger partial charge in [0.1, 0.15) is 10.5 Å². The summed E-state index contributed by atoms with van der Waals surface area (Å²) >= 11 is 11.3. The zero-order chi connectivity index (χ0) is 10.8. The van der Waals surface area contributed by atoms with Crippen molar-refractivity contribution in [2.45, 2.75) is 44.4 Å². The molecule has 4 heteroatoms. The van der Waals surface area contributed by atoms with Crippen LogP contribution in [0.1, 0.15) is 48.6 Å². The Morgan fingerprint density at radius 1 is 1.33 bits per heavy atom. The van der Waals surface area contributed by atoms with Gasteiger partial charge >= 0.3 is 0 Å². The molecule has 82 valence electrons. The van der Waals surface area contributed by atoms with Gasteiger partial charge in [-0.3, -0.25) is 0 Å². The molecule has 1 aromatic rings. The number of fused-ring (bicyclic) bond motifs is 1. The lowest BCUT2D eigenvalue weighted by molar-refractivity contribution is 0.708. The zero-order valence-corrected chi connectivity index (χ0v) is 10.4. The molecule has 2 nitrogen and oxygen atoms in total. The number of halogens is 1. The molecule has 0 bridgehead atoms. The summed E-state index contributed by atoms with van der Waals surface area (Å²) in [7, 11) is 0. The molecular formula is C11H15ClN2S. The average molecular weight is 243 g/mol. The first kappa shape index (κ1) is 11.1. The lowest BCUT2D eigenvalue weighted by atomic mass is 10.1. The van der Waals surface area contributed by atoms with Crippen molar-refractivity contribution in [2.24, 2.45) is 0 Å². The van der Waals surface area contributed by atoms with E-state index in [1.165, 1.54) is 30.5 Å². The van der Waals surface area contributed by atoms with Crippen LogP contribution >= 0.6 is 23.8 Å². The van der Waals surface area contributed by atoms with Crippen LogP contribution in [0, 0.1) is 4.64 Å². The van der Waals surface area contributed by atoms with Crippen molar-refractivity contribution < 1.29 is 0 Å². The van der Waals surface area contributed by atoms with E-state index in [2.05, 4.69) is 9.97 Å². The maximum atomic E-state index is 6.02. The van der Waals surface area contributed by atoms with E-state index in [1.54, 1.807) is 0 Å². The van der Waals surface area contributed by atoms with Gasteiger partial charge in [-0.1, -0.05) is 18.6 Å². The molecule has 0 fully saturated rings. The molecule has 15 heavy (non-hydrogen) atoms. The van der Waals surface area contributed by atoms with Gasteiger partial charge in [0.2, 0.25) is 0 Å². The third-order valence-electron chi connectivity index (χ3n) is 2.85. The van der Waals surface area contributed by atoms with E-state index in [0.29, 0.717) is 0 Å². The lowest BCUT2D eigenvalue weighted by Crippen LogP contribution is -2.05. The SMILES string of the molecule is CC(Cl)c1nc(=S)c2c([nH]1)CCCCC2. The van der Waals surface area contributed by atoms with Crippen LogP contribution in [0.2, 0.25) is 0 Å². The van der Waals surface area contributed by atoms with Gasteiger partial charge in [0.15, 0.2) is 0 Å². The van der Waals surface area contributed by atoms with Gasteiger partial charge in [0, 0.05) is 11.3 Å². The molecule has 0 saturated heterocycles. The fraction of sp³-hybridized carbons (Fsp3) is 0.636. The normalized spacial score (nSPS) is 18.0. The van der Waals surface area contributed by atoms with Crippen molar-refractivity contribution in [1.82, 2.24) is 9.97 Å². The van der Waals surface area contributed by atoms with E-state index in [4.69, 9.17) is 23.8 Å². The number of hydrogen-bond donors (Lipinski definition) is 1. The van der Waals surface area contributed by atoms with Crippen molar-refractivity contribution in [3.05, 3.63) is 21.7 Å². The number of hydrogen-bond acceptors (Lipinski definition) is 2. The van der Waals surface area contributed by atoms with Gasteiger partial charge in [-0.25, -0.2) is 4.98 Å². The summed E-state index contributed by atoms with van der Waals surface area (Å²) in [6, 6.07) is 0.